The highest BCUT2D eigenvalue weighted by atomic mass is 16.5. The van der Waals surface area contributed by atoms with Crippen molar-refractivity contribution in [3.8, 4) is 22.3 Å². The zero-order chi connectivity index (χ0) is 48.2. The number of benzene rings is 3. The van der Waals surface area contributed by atoms with Gasteiger partial charge in [-0.25, -0.2) is 9.59 Å². The quantitative estimate of drug-likeness (QED) is 0.172. The Balaban J connectivity index is 0.894. The molecule has 0 radical (unpaired) electrons. The Labute approximate surface area is 405 Å². The molecular formula is C55H67N7O7. The molecule has 7 aliphatic rings. The van der Waals surface area contributed by atoms with Gasteiger partial charge in [0.25, 0.3) is 0 Å². The number of hydrogen-bond acceptors (Lipinski definition) is 10. The van der Waals surface area contributed by atoms with Crippen molar-refractivity contribution in [2.45, 2.75) is 128 Å². The average Bonchev–Trinajstić information content (AvgIpc) is 4.21. The molecule has 3 N–H and O–H groups in total. The Hall–Kier alpha value is -6.02. The van der Waals surface area contributed by atoms with Crippen LogP contribution in [-0.2, 0) is 42.2 Å². The molecule has 14 nitrogen and oxygen atoms in total. The summed E-state index contributed by atoms with van der Waals surface area (Å²) in [5, 5.41) is 9.27. The number of nitrogens with zero attached hydrogens (tertiary/aromatic N) is 4. The summed E-state index contributed by atoms with van der Waals surface area (Å²) in [7, 11) is 2.63. The van der Waals surface area contributed by atoms with E-state index >= 15 is 0 Å². The Kier molecular flexibility index (Phi) is 12.7. The topological polar surface area (TPSA) is 163 Å². The first-order chi connectivity index (χ1) is 33.3. The number of methoxy groups -OCH3 is 2. The number of fused-ring (bicyclic) bond motifs is 3. The van der Waals surface area contributed by atoms with Gasteiger partial charge in [0.2, 0.25) is 11.8 Å². The van der Waals surface area contributed by atoms with Crippen LogP contribution in [0.1, 0.15) is 108 Å². The van der Waals surface area contributed by atoms with Gasteiger partial charge in [-0.3, -0.25) is 19.6 Å². The highest BCUT2D eigenvalue weighted by Gasteiger charge is 2.48. The molecule has 3 aromatic rings. The number of allylic oxidation sites excluding steroid dienone is 1. The van der Waals surface area contributed by atoms with E-state index in [-0.39, 0.29) is 41.1 Å². The molecule has 2 aliphatic carbocycles. The second-order valence-corrected chi connectivity index (χ2v) is 21.2. The minimum atomic E-state index is -0.711. The number of hydrogen-bond donors (Lipinski definition) is 3. The number of carbonyl (C=O) groups excluding carboxylic acids is 4. The summed E-state index contributed by atoms with van der Waals surface area (Å²) < 4.78 is 15.6. The molecular weight excluding hydrogens is 871 g/mol. The third-order valence-corrected chi connectivity index (χ3v) is 16.2. The van der Waals surface area contributed by atoms with Crippen LogP contribution in [0.25, 0.3) is 27.8 Å². The number of likely N-dealkylation sites (tertiary alicyclic amines) is 2. The van der Waals surface area contributed by atoms with Gasteiger partial charge in [-0.05, 0) is 119 Å². The lowest BCUT2D eigenvalue weighted by Crippen LogP contribution is -2.56. The van der Waals surface area contributed by atoms with E-state index in [2.05, 4.69) is 70.5 Å². The number of ether oxygens (including phenoxy) is 3. The highest BCUT2D eigenvalue weighted by molar-refractivity contribution is 6.06. The summed E-state index contributed by atoms with van der Waals surface area (Å²) in [5.74, 6) is 0.352. The fourth-order valence-corrected chi connectivity index (χ4v) is 12.4. The van der Waals surface area contributed by atoms with Crippen molar-refractivity contribution < 1.29 is 33.4 Å². The van der Waals surface area contributed by atoms with Gasteiger partial charge in [-0.2, -0.15) is 0 Å². The van der Waals surface area contributed by atoms with Gasteiger partial charge in [0.05, 0.1) is 39.5 Å². The van der Waals surface area contributed by atoms with Crippen molar-refractivity contribution in [3.05, 3.63) is 83.1 Å². The average molecular weight is 938 g/mol. The number of aliphatic imine (C=N–C) groups is 2. The normalized spacial score (nSPS) is 22.6. The summed E-state index contributed by atoms with van der Waals surface area (Å²) >= 11 is 0. The van der Waals surface area contributed by atoms with Crippen LogP contribution in [0.2, 0.25) is 0 Å². The monoisotopic (exact) mass is 938 g/mol. The second-order valence-electron chi connectivity index (χ2n) is 21.2. The Morgan fingerprint density at radius 3 is 1.84 bits per heavy atom. The first-order valence-corrected chi connectivity index (χ1v) is 25.2. The largest absolute Gasteiger partial charge is 0.453 e. The molecule has 10 rings (SSSR count). The van der Waals surface area contributed by atoms with Crippen molar-refractivity contribution in [1.82, 2.24) is 20.4 Å². The molecule has 3 saturated heterocycles. The molecule has 0 aromatic heterocycles. The fraction of sp³-hybridized carbons (Fsp3) is 0.527. The van der Waals surface area contributed by atoms with Crippen LogP contribution < -0.4 is 16.0 Å². The van der Waals surface area contributed by atoms with Crippen LogP contribution in [0, 0.1) is 17.3 Å². The van der Waals surface area contributed by atoms with Crippen LogP contribution in [0.5, 0.6) is 0 Å². The smallest absolute Gasteiger partial charge is 0.407 e. The van der Waals surface area contributed by atoms with Gasteiger partial charge >= 0.3 is 12.2 Å². The van der Waals surface area contributed by atoms with Gasteiger partial charge < -0.3 is 40.0 Å². The van der Waals surface area contributed by atoms with Crippen molar-refractivity contribution in [1.29, 1.82) is 0 Å². The van der Waals surface area contributed by atoms with Crippen LogP contribution >= 0.6 is 0 Å². The molecule has 4 fully saturated rings. The van der Waals surface area contributed by atoms with Crippen molar-refractivity contribution >= 4 is 46.8 Å². The maximum atomic E-state index is 14.1. The van der Waals surface area contributed by atoms with Crippen LogP contribution in [-0.4, -0.2) is 110 Å². The summed E-state index contributed by atoms with van der Waals surface area (Å²) in [6.07, 6.45) is 12.0. The maximum Gasteiger partial charge on any atom is 0.407 e. The number of rotatable bonds is 11. The number of amides is 4. The first-order valence-electron chi connectivity index (χ1n) is 25.2. The molecule has 5 aliphatic heterocycles. The van der Waals surface area contributed by atoms with Crippen molar-refractivity contribution in [2.75, 3.05) is 45.8 Å². The Morgan fingerprint density at radius 2 is 1.28 bits per heavy atom. The van der Waals surface area contributed by atoms with Crippen LogP contribution in [0.4, 0.5) is 15.3 Å². The summed E-state index contributed by atoms with van der Waals surface area (Å²) in [6.45, 7) is 9.93. The Bertz CT molecular complexity index is 2630. The Morgan fingerprint density at radius 1 is 0.725 bits per heavy atom. The number of carbonyl (C=O) groups is 4. The molecule has 364 valence electrons. The molecule has 4 amide bonds. The molecule has 0 bridgehead atoms. The summed E-state index contributed by atoms with van der Waals surface area (Å²) in [6, 6.07) is 18.7. The molecule has 3 aromatic carbocycles. The van der Waals surface area contributed by atoms with Crippen LogP contribution in [0.3, 0.4) is 0 Å². The zero-order valence-corrected chi connectivity index (χ0v) is 41.0. The van der Waals surface area contributed by atoms with Gasteiger partial charge in [0, 0.05) is 42.7 Å². The van der Waals surface area contributed by atoms with Crippen LogP contribution in [0.15, 0.2) is 70.8 Å². The molecule has 14 heteroatoms. The van der Waals surface area contributed by atoms with E-state index in [0.717, 1.165) is 72.5 Å². The summed E-state index contributed by atoms with van der Waals surface area (Å²) in [4.78, 5) is 66.3. The molecule has 5 heterocycles. The maximum absolute atomic E-state index is 14.1. The minimum Gasteiger partial charge on any atom is -0.453 e. The van der Waals surface area contributed by atoms with Gasteiger partial charge in [-0.1, -0.05) is 89.1 Å². The lowest BCUT2D eigenvalue weighted by molar-refractivity contribution is -0.135. The lowest BCUT2D eigenvalue weighted by atomic mass is 9.82. The van der Waals surface area contributed by atoms with E-state index in [1.807, 2.05) is 43.7 Å². The minimum absolute atomic E-state index is 0.0874. The zero-order valence-electron chi connectivity index (χ0n) is 41.0. The van der Waals surface area contributed by atoms with E-state index in [4.69, 9.17) is 24.2 Å². The van der Waals surface area contributed by atoms with Crippen molar-refractivity contribution in [2.24, 2.45) is 27.2 Å². The van der Waals surface area contributed by atoms with E-state index in [1.165, 1.54) is 73.3 Å². The SMILES string of the molecule is COC(=O)N[C@H](C(=O)N1CCC[C@H]1C1=NC=C(c2ccc(-c3ccc(-c4ccc5c(c4)NC([C@@H]4CCCN4C(=O)[C@@H](NC(=O)OC)C(C)C)=NC54COC4)c4c3CC3(CCCC3)C4)cc2)C1)C(C)C. The molecule has 1 saturated carbocycles. The molecule has 2 spiro atoms. The standard InChI is InChI=1S/C55H67N7O7/c1-32(2)47(58-52(65)67-5)50(63)61-23-9-11-45(61)44-26-37(29-56-44)34-13-15-35(16-14-34)38-18-19-39(41-28-54(27-40(38)41)21-7-8-22-54)36-17-20-42-43(25-36)57-49(60-55(42)30-69-31-55)46-12-10-24-62(46)51(64)48(33(3)4)59-53(66)68-6/h13-20,25,29,32-33,45-48H,7-12,21-24,26-28,30-31H2,1-6H3,(H,57,60)(H,58,65)(H,59,66)/t45-,46-,47-,48-/m0/s1. The van der Waals surface area contributed by atoms with Gasteiger partial charge in [-0.15, -0.1) is 0 Å². The third kappa shape index (κ3) is 8.60. The molecule has 4 atom stereocenters. The van der Waals surface area contributed by atoms with E-state index in [0.29, 0.717) is 32.7 Å². The molecule has 69 heavy (non-hydrogen) atoms. The third-order valence-electron chi connectivity index (χ3n) is 16.2. The van der Waals surface area contributed by atoms with E-state index in [9.17, 15) is 19.2 Å². The lowest BCUT2D eigenvalue weighted by Gasteiger charge is -2.44. The molecule has 0 unspecified atom stereocenters. The number of amidine groups is 1. The van der Waals surface area contributed by atoms with E-state index in [1.54, 1.807) is 0 Å². The van der Waals surface area contributed by atoms with Gasteiger partial charge in [0.15, 0.2) is 0 Å². The predicted molar refractivity (Wildman–Crippen MR) is 267 cm³/mol. The van der Waals surface area contributed by atoms with Gasteiger partial charge in [0.1, 0.15) is 23.5 Å². The van der Waals surface area contributed by atoms with E-state index < -0.39 is 29.8 Å². The number of alkyl carbamates (subject to hydrolysis) is 2. The second kappa shape index (κ2) is 18.7. The highest BCUT2D eigenvalue weighted by Crippen LogP contribution is 2.54. The summed E-state index contributed by atoms with van der Waals surface area (Å²) in [5.41, 5.74) is 13.0. The van der Waals surface area contributed by atoms with Crippen molar-refractivity contribution in [3.63, 3.8) is 0 Å². The fourth-order valence-electron chi connectivity index (χ4n) is 12.4. The predicted octanol–water partition coefficient (Wildman–Crippen LogP) is 8.66. The number of anilines is 1. The number of nitrogens with one attached hydrogen (secondary N) is 3. The first kappa shape index (κ1) is 46.7.